The molecule has 0 fully saturated rings. The summed E-state index contributed by atoms with van der Waals surface area (Å²) in [5.74, 6) is 0. The fourth-order valence-corrected chi connectivity index (χ4v) is 3.16. The van der Waals surface area contributed by atoms with E-state index in [1.807, 2.05) is 13.0 Å². The Labute approximate surface area is 118 Å². The average Bonchev–Trinajstić information content (AvgIpc) is 2.78. The van der Waals surface area contributed by atoms with Crippen LogP contribution >= 0.6 is 0 Å². The van der Waals surface area contributed by atoms with Crippen molar-refractivity contribution in [1.82, 2.24) is 15.2 Å². The number of benzene rings is 1. The summed E-state index contributed by atoms with van der Waals surface area (Å²) in [5, 5.41) is 1.21. The van der Waals surface area contributed by atoms with Gasteiger partial charge in [-0.15, -0.1) is 0 Å². The van der Waals surface area contributed by atoms with E-state index in [-0.39, 0.29) is 4.90 Å². The number of aryl methyl sites for hydroxylation is 2. The summed E-state index contributed by atoms with van der Waals surface area (Å²) in [5.41, 5.74) is 5.07. The van der Waals surface area contributed by atoms with Crippen LogP contribution in [-0.2, 0) is 10.0 Å². The molecule has 108 valence electrons. The zero-order valence-corrected chi connectivity index (χ0v) is 12.4. The molecular weight excluding hydrogens is 278 g/mol. The standard InChI is InChI=1S/C13H17N3O3S/c1-9-4-5-11(3)12(6-9)20(18,19)15-13(17)16-8-10(2)7-14-16/h4-7,14H,8H2,1-3H3,(H,15,17). The highest BCUT2D eigenvalue weighted by Gasteiger charge is 2.25. The number of carbonyl (C=O) groups excluding carboxylic acids is 1. The van der Waals surface area contributed by atoms with Crippen LogP contribution in [0, 0.1) is 13.8 Å². The second-order valence-electron chi connectivity index (χ2n) is 4.89. The topological polar surface area (TPSA) is 78.5 Å². The third-order valence-electron chi connectivity index (χ3n) is 2.97. The Bertz CT molecular complexity index is 680. The minimum absolute atomic E-state index is 0.120. The van der Waals surface area contributed by atoms with E-state index >= 15 is 0 Å². The number of rotatable bonds is 2. The van der Waals surface area contributed by atoms with Crippen LogP contribution in [0.25, 0.3) is 0 Å². The summed E-state index contributed by atoms with van der Waals surface area (Å²) in [6.07, 6.45) is 1.66. The number of amides is 2. The molecule has 2 amide bonds. The molecule has 0 radical (unpaired) electrons. The normalized spacial score (nSPS) is 14.8. The van der Waals surface area contributed by atoms with Gasteiger partial charge in [0.2, 0.25) is 0 Å². The molecule has 0 spiro atoms. The van der Waals surface area contributed by atoms with Crippen LogP contribution < -0.4 is 10.1 Å². The molecule has 7 heteroatoms. The maximum absolute atomic E-state index is 12.3. The zero-order chi connectivity index (χ0) is 14.9. The van der Waals surface area contributed by atoms with E-state index in [0.29, 0.717) is 12.1 Å². The number of urea groups is 1. The first kappa shape index (κ1) is 14.4. The maximum Gasteiger partial charge on any atom is 0.350 e. The van der Waals surface area contributed by atoms with E-state index in [9.17, 15) is 13.2 Å². The number of nitrogens with one attached hydrogen (secondary N) is 2. The highest BCUT2D eigenvalue weighted by atomic mass is 32.2. The Morgan fingerprint density at radius 3 is 2.60 bits per heavy atom. The summed E-state index contributed by atoms with van der Waals surface area (Å²) < 4.78 is 26.6. The largest absolute Gasteiger partial charge is 0.350 e. The first-order valence-electron chi connectivity index (χ1n) is 6.13. The summed E-state index contributed by atoms with van der Waals surface area (Å²) in [7, 11) is -3.87. The Morgan fingerprint density at radius 2 is 2.00 bits per heavy atom. The molecule has 0 unspecified atom stereocenters. The van der Waals surface area contributed by atoms with Crippen LogP contribution in [-0.4, -0.2) is 26.0 Å². The first-order valence-corrected chi connectivity index (χ1v) is 7.61. The Balaban J connectivity index is 2.19. The van der Waals surface area contributed by atoms with E-state index < -0.39 is 16.1 Å². The van der Waals surface area contributed by atoms with Crippen molar-refractivity contribution in [3.63, 3.8) is 0 Å². The van der Waals surface area contributed by atoms with E-state index in [2.05, 4.69) is 10.1 Å². The molecule has 20 heavy (non-hydrogen) atoms. The minimum Gasteiger partial charge on any atom is -0.302 e. The van der Waals surface area contributed by atoms with Crippen LogP contribution in [0.2, 0.25) is 0 Å². The Morgan fingerprint density at radius 1 is 1.30 bits per heavy atom. The average molecular weight is 295 g/mol. The van der Waals surface area contributed by atoms with Crippen LogP contribution in [0.1, 0.15) is 18.1 Å². The van der Waals surface area contributed by atoms with Crippen LogP contribution in [0.5, 0.6) is 0 Å². The zero-order valence-electron chi connectivity index (χ0n) is 11.6. The van der Waals surface area contributed by atoms with Gasteiger partial charge in [0.15, 0.2) is 0 Å². The molecule has 0 saturated heterocycles. The molecule has 1 aliphatic heterocycles. The molecule has 2 N–H and O–H groups in total. The predicted octanol–water partition coefficient (Wildman–Crippen LogP) is 1.43. The molecule has 0 aromatic heterocycles. The molecular formula is C13H17N3O3S. The van der Waals surface area contributed by atoms with E-state index in [4.69, 9.17) is 0 Å². The van der Waals surface area contributed by atoms with E-state index in [1.165, 1.54) is 5.01 Å². The smallest absolute Gasteiger partial charge is 0.302 e. The van der Waals surface area contributed by atoms with E-state index in [1.54, 1.807) is 32.2 Å². The van der Waals surface area contributed by atoms with Gasteiger partial charge in [0.25, 0.3) is 10.0 Å². The van der Waals surface area contributed by atoms with Gasteiger partial charge in [0.05, 0.1) is 11.4 Å². The molecule has 1 aromatic rings. The number of hydrazine groups is 1. The number of hydrogen-bond acceptors (Lipinski definition) is 4. The number of sulfonamides is 1. The molecule has 1 aromatic carbocycles. The molecule has 1 heterocycles. The lowest BCUT2D eigenvalue weighted by Crippen LogP contribution is -2.46. The third kappa shape index (κ3) is 2.93. The predicted molar refractivity (Wildman–Crippen MR) is 75.2 cm³/mol. The number of nitrogens with zero attached hydrogens (tertiary/aromatic N) is 1. The van der Waals surface area contributed by atoms with Crippen molar-refractivity contribution in [2.75, 3.05) is 6.54 Å². The third-order valence-corrected chi connectivity index (χ3v) is 4.44. The van der Waals surface area contributed by atoms with Crippen LogP contribution in [0.3, 0.4) is 0 Å². The second kappa shape index (κ2) is 5.16. The monoisotopic (exact) mass is 295 g/mol. The van der Waals surface area contributed by atoms with Gasteiger partial charge < -0.3 is 5.43 Å². The van der Waals surface area contributed by atoms with Gasteiger partial charge in [0.1, 0.15) is 0 Å². The van der Waals surface area contributed by atoms with Crippen molar-refractivity contribution in [3.05, 3.63) is 41.1 Å². The lowest BCUT2D eigenvalue weighted by molar-refractivity contribution is 0.200. The summed E-state index contributed by atoms with van der Waals surface area (Å²) in [6.45, 7) is 5.70. The summed E-state index contributed by atoms with van der Waals surface area (Å²) in [6, 6.07) is 4.39. The van der Waals surface area contributed by atoms with Crippen LogP contribution in [0.4, 0.5) is 4.79 Å². The summed E-state index contributed by atoms with van der Waals surface area (Å²) >= 11 is 0. The van der Waals surface area contributed by atoms with Crippen molar-refractivity contribution in [3.8, 4) is 0 Å². The van der Waals surface area contributed by atoms with Crippen molar-refractivity contribution < 1.29 is 13.2 Å². The van der Waals surface area contributed by atoms with Gasteiger partial charge in [0, 0.05) is 6.20 Å². The quantitative estimate of drug-likeness (QED) is 0.865. The Kier molecular flexibility index (Phi) is 3.71. The molecule has 0 bridgehead atoms. The molecule has 0 aliphatic carbocycles. The summed E-state index contributed by atoms with van der Waals surface area (Å²) in [4.78, 5) is 12.0. The van der Waals surface area contributed by atoms with Crippen molar-refractivity contribution in [2.45, 2.75) is 25.7 Å². The molecule has 1 aliphatic rings. The Hall–Kier alpha value is -2.02. The van der Waals surface area contributed by atoms with Gasteiger partial charge in [-0.1, -0.05) is 12.1 Å². The lowest BCUT2D eigenvalue weighted by Gasteiger charge is -2.18. The fraction of sp³-hybridized carbons (Fsp3) is 0.308. The molecule has 0 saturated carbocycles. The SMILES string of the molecule is CC1=CNN(C(=O)NS(=O)(=O)c2cc(C)ccc2C)C1. The van der Waals surface area contributed by atoms with Crippen molar-refractivity contribution >= 4 is 16.1 Å². The maximum atomic E-state index is 12.3. The second-order valence-corrected chi connectivity index (χ2v) is 6.54. The van der Waals surface area contributed by atoms with Gasteiger partial charge in [-0.2, -0.15) is 0 Å². The number of carbonyl (C=O) groups is 1. The van der Waals surface area contributed by atoms with Gasteiger partial charge in [-0.05, 0) is 43.5 Å². The van der Waals surface area contributed by atoms with Gasteiger partial charge in [-0.25, -0.2) is 22.9 Å². The van der Waals surface area contributed by atoms with E-state index in [0.717, 1.165) is 11.1 Å². The minimum atomic E-state index is -3.87. The lowest BCUT2D eigenvalue weighted by atomic mass is 10.2. The van der Waals surface area contributed by atoms with Crippen LogP contribution in [0.15, 0.2) is 34.9 Å². The van der Waals surface area contributed by atoms with Gasteiger partial charge >= 0.3 is 6.03 Å². The molecule has 0 atom stereocenters. The molecule has 6 nitrogen and oxygen atoms in total. The highest BCUT2D eigenvalue weighted by Crippen LogP contribution is 2.17. The highest BCUT2D eigenvalue weighted by molar-refractivity contribution is 7.90. The first-order chi connectivity index (χ1) is 9.29. The van der Waals surface area contributed by atoms with Crippen molar-refractivity contribution in [1.29, 1.82) is 0 Å². The fourth-order valence-electron chi connectivity index (χ4n) is 1.88. The van der Waals surface area contributed by atoms with Gasteiger partial charge in [-0.3, -0.25) is 0 Å². The van der Waals surface area contributed by atoms with Crippen molar-refractivity contribution in [2.24, 2.45) is 0 Å². The molecule has 2 rings (SSSR count). The number of hydrogen-bond donors (Lipinski definition) is 2.